The number of hydrogen-bond donors (Lipinski definition) is 1. The number of alkyl halides is 3. The summed E-state index contributed by atoms with van der Waals surface area (Å²) in [7, 11) is 1.52. The first-order valence-corrected chi connectivity index (χ1v) is 10.3. The summed E-state index contributed by atoms with van der Waals surface area (Å²) in [6.07, 6.45) is -2.70. The Balaban J connectivity index is 2.25. The highest BCUT2D eigenvalue weighted by molar-refractivity contribution is 5.77. The molecule has 0 aliphatic carbocycles. The van der Waals surface area contributed by atoms with Gasteiger partial charge in [0.1, 0.15) is 31.4 Å². The Labute approximate surface area is 179 Å². The van der Waals surface area contributed by atoms with Gasteiger partial charge in [0, 0.05) is 25.2 Å². The summed E-state index contributed by atoms with van der Waals surface area (Å²) in [4.78, 5) is 28.8. The summed E-state index contributed by atoms with van der Waals surface area (Å²) in [6, 6.07) is 5.93. The summed E-state index contributed by atoms with van der Waals surface area (Å²) in [5, 5.41) is 0. The maximum absolute atomic E-state index is 12.9. The van der Waals surface area contributed by atoms with Gasteiger partial charge >= 0.3 is 18.1 Å². The zero-order valence-corrected chi connectivity index (χ0v) is 17.8. The molecule has 0 saturated carbocycles. The van der Waals surface area contributed by atoms with Crippen LogP contribution in [0.3, 0.4) is 0 Å². The van der Waals surface area contributed by atoms with Gasteiger partial charge in [-0.15, -0.1) is 4.65 Å². The third kappa shape index (κ3) is 6.83. The van der Waals surface area contributed by atoms with Crippen molar-refractivity contribution in [2.45, 2.75) is 50.7 Å². The first-order valence-electron chi connectivity index (χ1n) is 10.3. The van der Waals surface area contributed by atoms with Crippen LogP contribution in [0.25, 0.3) is 0 Å². The predicted molar refractivity (Wildman–Crippen MR) is 106 cm³/mol. The number of benzene rings is 1. The molecule has 1 saturated heterocycles. The summed E-state index contributed by atoms with van der Waals surface area (Å²) >= 11 is 0. The van der Waals surface area contributed by atoms with E-state index in [9.17, 15) is 22.8 Å². The first kappa shape index (κ1) is 24.9. The SMILES string of the molecule is CCOC(=O)C(N)C(CC[N+]1(OC(=O)C(F)(F)F)CCCCC1)c1ccc(OC)cc1. The molecule has 1 aromatic carbocycles. The molecule has 174 valence electrons. The molecule has 0 spiro atoms. The van der Waals surface area contributed by atoms with Crippen molar-refractivity contribution in [2.24, 2.45) is 5.73 Å². The van der Waals surface area contributed by atoms with Crippen LogP contribution < -0.4 is 10.5 Å². The lowest BCUT2D eigenvalue weighted by molar-refractivity contribution is -1.09. The fourth-order valence-corrected chi connectivity index (χ4v) is 3.86. The van der Waals surface area contributed by atoms with Gasteiger partial charge in [-0.05, 0) is 31.0 Å². The Bertz CT molecular complexity index is 734. The molecule has 1 heterocycles. The van der Waals surface area contributed by atoms with Crippen LogP contribution in [-0.4, -0.2) is 62.2 Å². The molecule has 1 aliphatic rings. The van der Waals surface area contributed by atoms with Crippen LogP contribution in [0.1, 0.15) is 44.1 Å². The maximum atomic E-state index is 12.9. The predicted octanol–water partition coefficient (Wildman–Crippen LogP) is 3.08. The van der Waals surface area contributed by atoms with E-state index < -0.39 is 34.7 Å². The minimum Gasteiger partial charge on any atom is -0.497 e. The van der Waals surface area contributed by atoms with Crippen molar-refractivity contribution in [2.75, 3.05) is 33.4 Å². The van der Waals surface area contributed by atoms with Crippen molar-refractivity contribution >= 4 is 11.9 Å². The zero-order valence-electron chi connectivity index (χ0n) is 17.8. The molecule has 0 amide bonds. The summed E-state index contributed by atoms with van der Waals surface area (Å²) < 4.78 is 48.3. The number of nitrogens with zero attached hydrogens (tertiary/aromatic N) is 1. The Hall–Kier alpha value is -2.33. The normalized spacial score (nSPS) is 18.0. The number of hydroxylamine groups is 3. The largest absolute Gasteiger partial charge is 0.497 e. The zero-order chi connectivity index (χ0) is 23.1. The van der Waals surface area contributed by atoms with Crippen molar-refractivity contribution in [3.05, 3.63) is 29.8 Å². The number of halogens is 3. The number of likely N-dealkylation sites (tertiary alicyclic amines) is 1. The fraction of sp³-hybridized carbons (Fsp3) is 0.619. The van der Waals surface area contributed by atoms with Crippen molar-refractivity contribution in [3.8, 4) is 5.75 Å². The van der Waals surface area contributed by atoms with Gasteiger partial charge < -0.3 is 15.2 Å². The lowest BCUT2D eigenvalue weighted by Gasteiger charge is -2.38. The van der Waals surface area contributed by atoms with E-state index in [0.29, 0.717) is 18.6 Å². The van der Waals surface area contributed by atoms with Crippen molar-refractivity contribution in [1.29, 1.82) is 0 Å². The van der Waals surface area contributed by atoms with Crippen LogP contribution in [-0.2, 0) is 19.2 Å². The van der Waals surface area contributed by atoms with Gasteiger partial charge in [0.25, 0.3) is 0 Å². The molecule has 10 heteroatoms. The van der Waals surface area contributed by atoms with Gasteiger partial charge in [0.2, 0.25) is 0 Å². The number of carbonyl (C=O) groups is 2. The van der Waals surface area contributed by atoms with E-state index in [1.54, 1.807) is 31.2 Å². The molecule has 31 heavy (non-hydrogen) atoms. The molecule has 2 atom stereocenters. The molecule has 1 aliphatic heterocycles. The molecular formula is C21H30F3N2O5+. The van der Waals surface area contributed by atoms with Gasteiger partial charge in [0.15, 0.2) is 0 Å². The number of esters is 1. The topological polar surface area (TPSA) is 87.9 Å². The lowest BCUT2D eigenvalue weighted by atomic mass is 9.88. The van der Waals surface area contributed by atoms with Crippen molar-refractivity contribution < 1.29 is 41.7 Å². The number of hydrogen-bond acceptors (Lipinski definition) is 6. The fourth-order valence-electron chi connectivity index (χ4n) is 3.86. The Morgan fingerprint density at radius 3 is 2.26 bits per heavy atom. The van der Waals surface area contributed by atoms with Crippen LogP contribution in [0.2, 0.25) is 0 Å². The van der Waals surface area contributed by atoms with Crippen LogP contribution in [0.5, 0.6) is 5.75 Å². The number of carbonyl (C=O) groups excluding carboxylic acids is 2. The number of piperidine rings is 1. The summed E-state index contributed by atoms with van der Waals surface area (Å²) in [5.41, 5.74) is 6.90. The minimum atomic E-state index is -5.07. The van der Waals surface area contributed by atoms with Crippen LogP contribution in [0, 0.1) is 0 Å². The lowest BCUT2D eigenvalue weighted by Crippen LogP contribution is -2.55. The van der Waals surface area contributed by atoms with E-state index in [-0.39, 0.29) is 32.7 Å². The van der Waals surface area contributed by atoms with Gasteiger partial charge in [0.05, 0.1) is 13.7 Å². The first-order chi connectivity index (χ1) is 14.6. The standard InChI is InChI=1S/C21H30F3N2O5/c1-3-30-19(27)18(25)17(15-7-9-16(29-2)10-8-15)11-14-26(12-5-4-6-13-26)31-20(28)21(22,23)24/h7-10,17-18H,3-6,11-14,25H2,1-2H3/q+1. The molecule has 1 aromatic rings. The van der Waals surface area contributed by atoms with Gasteiger partial charge in [-0.1, -0.05) is 12.1 Å². The Kier molecular flexibility index (Phi) is 8.69. The molecule has 2 rings (SSSR count). The monoisotopic (exact) mass is 447 g/mol. The highest BCUT2D eigenvalue weighted by Crippen LogP contribution is 2.30. The number of rotatable bonds is 9. The highest BCUT2D eigenvalue weighted by atomic mass is 19.4. The van der Waals surface area contributed by atoms with Gasteiger partial charge in [-0.2, -0.15) is 13.2 Å². The van der Waals surface area contributed by atoms with Crippen LogP contribution in [0.4, 0.5) is 13.2 Å². The average molecular weight is 447 g/mol. The van der Waals surface area contributed by atoms with E-state index in [0.717, 1.165) is 12.0 Å². The molecule has 7 nitrogen and oxygen atoms in total. The van der Waals surface area contributed by atoms with Crippen LogP contribution in [0.15, 0.2) is 24.3 Å². The number of ether oxygens (including phenoxy) is 2. The second-order valence-corrected chi connectivity index (χ2v) is 7.61. The summed E-state index contributed by atoms with van der Waals surface area (Å²) in [5.74, 6) is -2.72. The quantitative estimate of drug-likeness (QED) is 0.462. The molecule has 0 aromatic heterocycles. The molecule has 1 fully saturated rings. The van der Waals surface area contributed by atoms with E-state index >= 15 is 0 Å². The number of methoxy groups -OCH3 is 1. The van der Waals surface area contributed by atoms with E-state index in [1.807, 2.05) is 0 Å². The average Bonchev–Trinajstić information content (AvgIpc) is 2.74. The third-order valence-corrected chi connectivity index (χ3v) is 5.52. The third-order valence-electron chi connectivity index (χ3n) is 5.52. The van der Waals surface area contributed by atoms with Crippen molar-refractivity contribution in [1.82, 2.24) is 0 Å². The minimum absolute atomic E-state index is 0.103. The van der Waals surface area contributed by atoms with Gasteiger partial charge in [-0.3, -0.25) is 9.63 Å². The van der Waals surface area contributed by atoms with Crippen LogP contribution >= 0.6 is 0 Å². The highest BCUT2D eigenvalue weighted by Gasteiger charge is 2.48. The van der Waals surface area contributed by atoms with E-state index in [1.165, 1.54) is 7.11 Å². The maximum Gasteiger partial charge on any atom is 0.497 e. The van der Waals surface area contributed by atoms with E-state index in [4.69, 9.17) is 20.0 Å². The molecule has 2 N–H and O–H groups in total. The van der Waals surface area contributed by atoms with Gasteiger partial charge in [-0.25, -0.2) is 4.79 Å². The second kappa shape index (κ2) is 10.8. The molecule has 2 unspecified atom stereocenters. The van der Waals surface area contributed by atoms with Crippen molar-refractivity contribution in [3.63, 3.8) is 0 Å². The second-order valence-electron chi connectivity index (χ2n) is 7.61. The molecule has 0 bridgehead atoms. The summed E-state index contributed by atoms with van der Waals surface area (Å²) in [6.45, 7) is 2.49. The smallest absolute Gasteiger partial charge is 0.497 e. The number of quaternary nitrogens is 1. The molecular weight excluding hydrogens is 417 g/mol. The Morgan fingerprint density at radius 2 is 1.74 bits per heavy atom. The molecule has 0 radical (unpaired) electrons. The van der Waals surface area contributed by atoms with E-state index in [2.05, 4.69) is 0 Å². The number of nitrogens with two attached hydrogens (primary N) is 1. The Morgan fingerprint density at radius 1 is 1.13 bits per heavy atom.